The fourth-order valence-electron chi connectivity index (χ4n) is 1.63. The van der Waals surface area contributed by atoms with Gasteiger partial charge in [-0.25, -0.2) is 0 Å². The molecule has 7 heteroatoms. The van der Waals surface area contributed by atoms with Gasteiger partial charge in [0.1, 0.15) is 0 Å². The molecule has 21 heavy (non-hydrogen) atoms. The monoisotopic (exact) mass is 293 g/mol. The van der Waals surface area contributed by atoms with Crippen molar-refractivity contribution in [1.29, 1.82) is 0 Å². The lowest BCUT2D eigenvalue weighted by molar-refractivity contribution is -0.138. The second-order valence-electron chi connectivity index (χ2n) is 4.41. The van der Waals surface area contributed by atoms with Gasteiger partial charge in [-0.15, -0.1) is 0 Å². The molecule has 1 aromatic carbocycles. The van der Waals surface area contributed by atoms with Gasteiger partial charge in [0.25, 0.3) is 5.91 Å². The summed E-state index contributed by atoms with van der Waals surface area (Å²) in [7, 11) is 0. The molecule has 0 spiro atoms. The molecule has 0 aliphatic rings. The zero-order chi connectivity index (χ0) is 15.7. The van der Waals surface area contributed by atoms with Crippen LogP contribution in [0.3, 0.4) is 0 Å². The SMILES string of the molecule is Nc1ccccc1C(=O)NC(=O)C(=O)NCCCCCO. The molecule has 5 N–H and O–H groups in total. The van der Waals surface area contributed by atoms with Crippen LogP contribution >= 0.6 is 0 Å². The molecule has 0 radical (unpaired) electrons. The summed E-state index contributed by atoms with van der Waals surface area (Å²) >= 11 is 0. The minimum atomic E-state index is -1.02. The van der Waals surface area contributed by atoms with Crippen molar-refractivity contribution >= 4 is 23.4 Å². The summed E-state index contributed by atoms with van der Waals surface area (Å²) in [5.41, 5.74) is 5.98. The largest absolute Gasteiger partial charge is 0.398 e. The Kier molecular flexibility index (Phi) is 6.90. The maximum atomic E-state index is 11.8. The van der Waals surface area contributed by atoms with Crippen molar-refractivity contribution < 1.29 is 19.5 Å². The first-order valence-electron chi connectivity index (χ1n) is 6.65. The Balaban J connectivity index is 2.40. The van der Waals surface area contributed by atoms with Crippen LogP contribution in [-0.4, -0.2) is 36.0 Å². The second kappa shape index (κ2) is 8.70. The van der Waals surface area contributed by atoms with Crippen LogP contribution in [0.4, 0.5) is 5.69 Å². The van der Waals surface area contributed by atoms with E-state index in [-0.39, 0.29) is 17.9 Å². The number of hydrogen-bond acceptors (Lipinski definition) is 5. The first-order valence-corrected chi connectivity index (χ1v) is 6.65. The fraction of sp³-hybridized carbons (Fsp3) is 0.357. The second-order valence-corrected chi connectivity index (χ2v) is 4.41. The van der Waals surface area contributed by atoms with E-state index in [2.05, 4.69) is 5.32 Å². The normalized spacial score (nSPS) is 9.95. The van der Waals surface area contributed by atoms with Gasteiger partial charge in [-0.2, -0.15) is 0 Å². The molecule has 3 amide bonds. The lowest BCUT2D eigenvalue weighted by Crippen LogP contribution is -2.43. The number of imide groups is 1. The predicted octanol–water partition coefficient (Wildman–Crippen LogP) is -0.196. The first-order chi connectivity index (χ1) is 10.1. The summed E-state index contributed by atoms with van der Waals surface area (Å²) in [5, 5.41) is 13.0. The standard InChI is InChI=1S/C14H19N3O4/c15-11-7-3-2-6-10(11)12(19)17-14(21)13(20)16-8-4-1-5-9-18/h2-3,6-7,18H,1,4-5,8-9,15H2,(H,16,20)(H,17,19,21). The summed E-state index contributed by atoms with van der Waals surface area (Å²) in [4.78, 5) is 34.8. The van der Waals surface area contributed by atoms with E-state index >= 15 is 0 Å². The van der Waals surface area contributed by atoms with Gasteiger partial charge in [0, 0.05) is 18.8 Å². The zero-order valence-corrected chi connectivity index (χ0v) is 11.6. The number of nitrogens with one attached hydrogen (secondary N) is 2. The van der Waals surface area contributed by atoms with E-state index in [0.717, 1.165) is 6.42 Å². The zero-order valence-electron chi connectivity index (χ0n) is 11.6. The number of carbonyl (C=O) groups is 3. The predicted molar refractivity (Wildman–Crippen MR) is 77.3 cm³/mol. The molecule has 0 fully saturated rings. The molecule has 0 bridgehead atoms. The third kappa shape index (κ3) is 5.62. The lowest BCUT2D eigenvalue weighted by Gasteiger charge is -2.07. The van der Waals surface area contributed by atoms with Gasteiger partial charge in [-0.3, -0.25) is 19.7 Å². The molecule has 0 aromatic heterocycles. The van der Waals surface area contributed by atoms with Crippen LogP contribution in [0.15, 0.2) is 24.3 Å². The maximum absolute atomic E-state index is 11.8. The Morgan fingerprint density at radius 3 is 2.43 bits per heavy atom. The summed E-state index contributed by atoms with van der Waals surface area (Å²) in [5.74, 6) is -2.61. The summed E-state index contributed by atoms with van der Waals surface area (Å²) in [6.45, 7) is 0.412. The van der Waals surface area contributed by atoms with Gasteiger partial charge in [0.2, 0.25) is 0 Å². The molecule has 1 aromatic rings. The van der Waals surface area contributed by atoms with E-state index in [1.54, 1.807) is 12.1 Å². The number of rotatable bonds is 6. The Hall–Kier alpha value is -2.41. The van der Waals surface area contributed by atoms with Crippen LogP contribution in [0, 0.1) is 0 Å². The first kappa shape index (κ1) is 16.6. The Labute approximate surface area is 122 Å². The molecule has 0 aliphatic carbocycles. The number of nitrogens with two attached hydrogens (primary N) is 1. The number of carbonyl (C=O) groups excluding carboxylic acids is 3. The van der Waals surface area contributed by atoms with Gasteiger partial charge in [-0.05, 0) is 31.4 Å². The molecule has 7 nitrogen and oxygen atoms in total. The summed E-state index contributed by atoms with van der Waals surface area (Å²) in [6, 6.07) is 6.26. The van der Waals surface area contributed by atoms with Crippen LogP contribution in [0.5, 0.6) is 0 Å². The lowest BCUT2D eigenvalue weighted by atomic mass is 10.1. The molecular weight excluding hydrogens is 274 g/mol. The number of aliphatic hydroxyl groups is 1. The third-order valence-electron chi connectivity index (χ3n) is 2.76. The minimum Gasteiger partial charge on any atom is -0.398 e. The highest BCUT2D eigenvalue weighted by molar-refractivity contribution is 6.38. The number of anilines is 1. The van der Waals surface area contributed by atoms with Gasteiger partial charge in [-0.1, -0.05) is 12.1 Å². The number of amides is 3. The topological polar surface area (TPSA) is 122 Å². The molecule has 1 rings (SSSR count). The van der Waals surface area contributed by atoms with Gasteiger partial charge < -0.3 is 16.2 Å². The average molecular weight is 293 g/mol. The third-order valence-corrected chi connectivity index (χ3v) is 2.76. The van der Waals surface area contributed by atoms with Crippen LogP contribution in [0.1, 0.15) is 29.6 Å². The molecule has 0 saturated carbocycles. The number of hydrogen-bond donors (Lipinski definition) is 4. The van der Waals surface area contributed by atoms with Crippen molar-refractivity contribution in [2.75, 3.05) is 18.9 Å². The van der Waals surface area contributed by atoms with Crippen molar-refractivity contribution in [3.8, 4) is 0 Å². The Morgan fingerprint density at radius 2 is 1.76 bits per heavy atom. The number of aliphatic hydroxyl groups excluding tert-OH is 1. The van der Waals surface area contributed by atoms with E-state index in [1.165, 1.54) is 12.1 Å². The van der Waals surface area contributed by atoms with Crippen molar-refractivity contribution in [3.05, 3.63) is 29.8 Å². The molecule has 0 aliphatic heterocycles. The van der Waals surface area contributed by atoms with E-state index in [0.29, 0.717) is 19.4 Å². The Bertz CT molecular complexity index is 517. The number of benzene rings is 1. The smallest absolute Gasteiger partial charge is 0.316 e. The fourth-order valence-corrected chi connectivity index (χ4v) is 1.63. The molecule has 0 unspecified atom stereocenters. The van der Waals surface area contributed by atoms with Gasteiger partial charge >= 0.3 is 11.8 Å². The maximum Gasteiger partial charge on any atom is 0.316 e. The highest BCUT2D eigenvalue weighted by atomic mass is 16.3. The number of unbranched alkanes of at least 4 members (excludes halogenated alkanes) is 2. The van der Waals surface area contributed by atoms with E-state index < -0.39 is 17.7 Å². The average Bonchev–Trinajstić information content (AvgIpc) is 2.47. The summed E-state index contributed by atoms with van der Waals surface area (Å²) in [6.07, 6.45) is 2.05. The van der Waals surface area contributed by atoms with Crippen LogP contribution in [0.2, 0.25) is 0 Å². The van der Waals surface area contributed by atoms with Gasteiger partial charge in [0.15, 0.2) is 0 Å². The molecule has 0 heterocycles. The molecule has 0 atom stereocenters. The minimum absolute atomic E-state index is 0.0986. The summed E-state index contributed by atoms with van der Waals surface area (Å²) < 4.78 is 0. The molecule has 114 valence electrons. The molecular formula is C14H19N3O4. The van der Waals surface area contributed by atoms with Crippen molar-refractivity contribution in [2.24, 2.45) is 0 Å². The van der Waals surface area contributed by atoms with Gasteiger partial charge in [0.05, 0.1) is 5.56 Å². The highest BCUT2D eigenvalue weighted by Gasteiger charge is 2.18. The van der Waals surface area contributed by atoms with Crippen LogP contribution < -0.4 is 16.4 Å². The van der Waals surface area contributed by atoms with Crippen LogP contribution in [-0.2, 0) is 9.59 Å². The van der Waals surface area contributed by atoms with E-state index in [4.69, 9.17) is 10.8 Å². The number of nitrogen functional groups attached to an aromatic ring is 1. The van der Waals surface area contributed by atoms with E-state index in [1.807, 2.05) is 5.32 Å². The van der Waals surface area contributed by atoms with Crippen molar-refractivity contribution in [1.82, 2.24) is 10.6 Å². The molecule has 0 saturated heterocycles. The quantitative estimate of drug-likeness (QED) is 0.329. The number of para-hydroxylation sites is 1. The van der Waals surface area contributed by atoms with E-state index in [9.17, 15) is 14.4 Å². The Morgan fingerprint density at radius 1 is 1.05 bits per heavy atom. The van der Waals surface area contributed by atoms with Crippen molar-refractivity contribution in [3.63, 3.8) is 0 Å². The van der Waals surface area contributed by atoms with Crippen LogP contribution in [0.25, 0.3) is 0 Å². The van der Waals surface area contributed by atoms with Crippen molar-refractivity contribution in [2.45, 2.75) is 19.3 Å². The highest BCUT2D eigenvalue weighted by Crippen LogP contribution is 2.09.